The number of nitrogens with one attached hydrogen (secondary N) is 1. The van der Waals surface area contributed by atoms with Gasteiger partial charge in [-0.05, 0) is 42.5 Å². The first-order chi connectivity index (χ1) is 9.28. The summed E-state index contributed by atoms with van der Waals surface area (Å²) in [4.78, 5) is 11.0. The lowest BCUT2D eigenvalue weighted by atomic mass is 10.2. The Morgan fingerprint density at radius 3 is 2.74 bits per heavy atom. The number of carbonyl (C=O) groups is 1. The van der Waals surface area contributed by atoms with E-state index in [1.807, 2.05) is 24.3 Å². The van der Waals surface area contributed by atoms with Crippen molar-refractivity contribution in [2.24, 2.45) is 5.92 Å². The Labute approximate surface area is 114 Å². The van der Waals surface area contributed by atoms with E-state index in [2.05, 4.69) is 10.1 Å². The van der Waals surface area contributed by atoms with Crippen LogP contribution in [0, 0.1) is 5.92 Å². The van der Waals surface area contributed by atoms with E-state index in [4.69, 9.17) is 0 Å². The topological polar surface area (TPSA) is 38.3 Å². The molecule has 0 unspecified atom stereocenters. The van der Waals surface area contributed by atoms with E-state index < -0.39 is 0 Å². The number of hydrogen-bond acceptors (Lipinski definition) is 3. The Kier molecular flexibility index (Phi) is 5.01. The molecule has 1 aromatic carbocycles. The maximum atomic E-state index is 11.0. The highest BCUT2D eigenvalue weighted by Gasteiger charge is 2.19. The Bertz CT molecular complexity index is 433. The number of methoxy groups -OCH3 is 1. The fourth-order valence-electron chi connectivity index (χ4n) is 1.97. The molecule has 1 saturated carbocycles. The second kappa shape index (κ2) is 6.98. The molecule has 3 nitrogen and oxygen atoms in total. The number of hydrogen-bond donors (Lipinski definition) is 1. The molecule has 0 atom stereocenters. The summed E-state index contributed by atoms with van der Waals surface area (Å²) < 4.78 is 4.55. The van der Waals surface area contributed by atoms with Crippen molar-refractivity contribution in [2.75, 3.05) is 19.0 Å². The summed E-state index contributed by atoms with van der Waals surface area (Å²) in [5, 5.41) is 3.42. The predicted molar refractivity (Wildman–Crippen MR) is 77.9 cm³/mol. The van der Waals surface area contributed by atoms with Crippen LogP contribution in [0.5, 0.6) is 0 Å². The molecule has 1 aliphatic carbocycles. The molecule has 2 rings (SSSR count). The molecule has 0 saturated heterocycles. The molecule has 0 radical (unpaired) electrons. The lowest BCUT2D eigenvalue weighted by molar-refractivity contribution is -0.134. The maximum Gasteiger partial charge on any atom is 0.330 e. The number of carbonyl (C=O) groups excluding carboxylic acids is 1. The van der Waals surface area contributed by atoms with Crippen molar-refractivity contribution in [2.45, 2.75) is 25.7 Å². The third-order valence-electron chi connectivity index (χ3n) is 3.34. The van der Waals surface area contributed by atoms with Gasteiger partial charge in [-0.1, -0.05) is 25.0 Å². The molecular weight excluding hydrogens is 238 g/mol. The highest BCUT2D eigenvalue weighted by molar-refractivity contribution is 5.86. The van der Waals surface area contributed by atoms with Crippen molar-refractivity contribution >= 4 is 17.7 Å². The molecule has 0 bridgehead atoms. The van der Waals surface area contributed by atoms with Crippen LogP contribution >= 0.6 is 0 Å². The summed E-state index contributed by atoms with van der Waals surface area (Å²) in [7, 11) is 1.38. The van der Waals surface area contributed by atoms with Gasteiger partial charge >= 0.3 is 5.97 Å². The summed E-state index contributed by atoms with van der Waals surface area (Å²) in [5.41, 5.74) is 2.12. The van der Waals surface area contributed by atoms with Gasteiger partial charge in [0.05, 0.1) is 7.11 Å². The minimum atomic E-state index is -0.331. The normalized spacial score (nSPS) is 14.6. The Hall–Kier alpha value is -1.77. The van der Waals surface area contributed by atoms with Gasteiger partial charge in [-0.15, -0.1) is 0 Å². The molecule has 0 spiro atoms. The van der Waals surface area contributed by atoms with Crippen molar-refractivity contribution in [3.05, 3.63) is 35.9 Å². The zero-order chi connectivity index (χ0) is 13.5. The van der Waals surface area contributed by atoms with E-state index in [0.29, 0.717) is 0 Å². The highest BCUT2D eigenvalue weighted by Crippen LogP contribution is 2.33. The van der Waals surface area contributed by atoms with Crippen LogP contribution < -0.4 is 5.32 Å². The van der Waals surface area contributed by atoms with E-state index in [1.54, 1.807) is 6.08 Å². The molecule has 1 aliphatic rings. The van der Waals surface area contributed by atoms with Gasteiger partial charge in [-0.25, -0.2) is 4.79 Å². The fraction of sp³-hybridized carbons (Fsp3) is 0.438. The number of anilines is 1. The average molecular weight is 259 g/mol. The monoisotopic (exact) mass is 259 g/mol. The van der Waals surface area contributed by atoms with Gasteiger partial charge in [0, 0.05) is 18.3 Å². The molecule has 0 amide bonds. The van der Waals surface area contributed by atoms with Crippen molar-refractivity contribution in [1.29, 1.82) is 0 Å². The minimum absolute atomic E-state index is 0.331. The van der Waals surface area contributed by atoms with E-state index in [1.165, 1.54) is 38.9 Å². The van der Waals surface area contributed by atoms with Crippen molar-refractivity contribution in [1.82, 2.24) is 0 Å². The van der Waals surface area contributed by atoms with Crippen LogP contribution in [0.15, 0.2) is 30.3 Å². The van der Waals surface area contributed by atoms with Crippen LogP contribution in [0.25, 0.3) is 6.08 Å². The summed E-state index contributed by atoms with van der Waals surface area (Å²) in [6.45, 7) is 1.04. The van der Waals surface area contributed by atoms with Gasteiger partial charge in [0.25, 0.3) is 0 Å². The van der Waals surface area contributed by atoms with Crippen LogP contribution in [0.2, 0.25) is 0 Å². The lowest BCUT2D eigenvalue weighted by Gasteiger charge is -2.06. The van der Waals surface area contributed by atoms with Gasteiger partial charge in [-0.3, -0.25) is 0 Å². The zero-order valence-corrected chi connectivity index (χ0v) is 11.4. The van der Waals surface area contributed by atoms with Crippen molar-refractivity contribution in [3.8, 4) is 0 Å². The van der Waals surface area contributed by atoms with E-state index in [-0.39, 0.29) is 5.97 Å². The summed E-state index contributed by atoms with van der Waals surface area (Å²) in [6.07, 6.45) is 8.64. The van der Waals surface area contributed by atoms with Crippen molar-refractivity contribution in [3.63, 3.8) is 0 Å². The average Bonchev–Trinajstić information content (AvgIpc) is 3.26. The van der Waals surface area contributed by atoms with Crippen LogP contribution in [0.3, 0.4) is 0 Å². The Balaban J connectivity index is 1.73. The predicted octanol–water partition coefficient (Wildman–Crippen LogP) is 3.47. The lowest BCUT2D eigenvalue weighted by Crippen LogP contribution is -2.01. The molecule has 1 aromatic rings. The van der Waals surface area contributed by atoms with Crippen molar-refractivity contribution < 1.29 is 9.53 Å². The van der Waals surface area contributed by atoms with Crippen LogP contribution in [0.4, 0.5) is 5.69 Å². The number of benzene rings is 1. The molecular formula is C16H21NO2. The largest absolute Gasteiger partial charge is 0.466 e. The van der Waals surface area contributed by atoms with E-state index >= 15 is 0 Å². The Morgan fingerprint density at radius 2 is 2.11 bits per heavy atom. The highest BCUT2D eigenvalue weighted by atomic mass is 16.5. The van der Waals surface area contributed by atoms with Gasteiger partial charge < -0.3 is 10.1 Å². The quantitative estimate of drug-likeness (QED) is 0.463. The molecule has 1 N–H and O–H groups in total. The summed E-state index contributed by atoms with van der Waals surface area (Å²) >= 11 is 0. The standard InChI is InChI=1S/C16H21NO2/c1-19-16(18)11-8-14-6-9-15(10-7-14)17-12-2-3-13-4-5-13/h6-11,13,17H,2-5,12H2,1H3. The number of rotatable bonds is 7. The first kappa shape index (κ1) is 13.7. The van der Waals surface area contributed by atoms with Gasteiger partial charge in [0.1, 0.15) is 0 Å². The third kappa shape index (κ3) is 5.16. The van der Waals surface area contributed by atoms with Crippen LogP contribution in [0.1, 0.15) is 31.2 Å². The third-order valence-corrected chi connectivity index (χ3v) is 3.34. The first-order valence-electron chi connectivity index (χ1n) is 6.88. The Morgan fingerprint density at radius 1 is 1.37 bits per heavy atom. The van der Waals surface area contributed by atoms with Gasteiger partial charge in [0.2, 0.25) is 0 Å². The molecule has 1 fully saturated rings. The molecule has 0 aliphatic heterocycles. The molecule has 19 heavy (non-hydrogen) atoms. The van der Waals surface area contributed by atoms with Crippen LogP contribution in [-0.2, 0) is 9.53 Å². The second-order valence-electron chi connectivity index (χ2n) is 4.99. The molecule has 102 valence electrons. The molecule has 3 heteroatoms. The van der Waals surface area contributed by atoms with E-state index in [9.17, 15) is 4.79 Å². The van der Waals surface area contributed by atoms with Gasteiger partial charge in [-0.2, -0.15) is 0 Å². The fourth-order valence-corrected chi connectivity index (χ4v) is 1.97. The SMILES string of the molecule is COC(=O)C=Cc1ccc(NCCCC2CC2)cc1. The van der Waals surface area contributed by atoms with Crippen LogP contribution in [-0.4, -0.2) is 19.6 Å². The number of ether oxygens (including phenoxy) is 1. The zero-order valence-electron chi connectivity index (χ0n) is 11.4. The molecule has 0 aromatic heterocycles. The minimum Gasteiger partial charge on any atom is -0.466 e. The van der Waals surface area contributed by atoms with Gasteiger partial charge in [0.15, 0.2) is 0 Å². The summed E-state index contributed by atoms with van der Waals surface area (Å²) in [6, 6.07) is 8.05. The smallest absolute Gasteiger partial charge is 0.330 e. The number of esters is 1. The van der Waals surface area contributed by atoms with E-state index in [0.717, 1.165) is 23.7 Å². The molecule has 0 heterocycles. The second-order valence-corrected chi connectivity index (χ2v) is 4.99. The first-order valence-corrected chi connectivity index (χ1v) is 6.88. The summed E-state index contributed by atoms with van der Waals surface area (Å²) in [5.74, 6) is 0.676. The maximum absolute atomic E-state index is 11.0.